The molecule has 0 rings (SSSR count). The van der Waals surface area contributed by atoms with Gasteiger partial charge in [0.25, 0.3) is 0 Å². The largest absolute Gasteiger partial charge is 0.480 e. The van der Waals surface area contributed by atoms with Gasteiger partial charge in [-0.25, -0.2) is 4.79 Å². The number of aliphatic carboxylic acids is 1. The van der Waals surface area contributed by atoms with Crippen molar-refractivity contribution in [3.8, 4) is 0 Å². The first-order valence-corrected chi connectivity index (χ1v) is 8.05. The van der Waals surface area contributed by atoms with E-state index in [-0.39, 0.29) is 5.92 Å². The van der Waals surface area contributed by atoms with Crippen LogP contribution in [0.3, 0.4) is 0 Å². The molecule has 2 amide bonds. The minimum absolute atomic E-state index is 0.116. The van der Waals surface area contributed by atoms with E-state index in [9.17, 15) is 19.2 Å². The highest BCUT2D eigenvalue weighted by Gasteiger charge is 2.29. The highest BCUT2D eigenvalue weighted by atomic mass is 16.6. The summed E-state index contributed by atoms with van der Waals surface area (Å²) in [7, 11) is 0. The van der Waals surface area contributed by atoms with Crippen LogP contribution in [-0.2, 0) is 23.9 Å². The van der Waals surface area contributed by atoms with Crippen LogP contribution in [0.2, 0.25) is 0 Å². The number of hydrogen-bond donors (Lipinski definition) is 4. The smallest absolute Gasteiger partial charge is 0.326 e. The molecule has 0 aliphatic carbocycles. The number of carboxylic acids is 1. The van der Waals surface area contributed by atoms with Crippen LogP contribution in [-0.4, -0.2) is 52.6 Å². The van der Waals surface area contributed by atoms with Crippen LogP contribution in [0.1, 0.15) is 48.0 Å². The Balaban J connectivity index is 4.76. The molecule has 0 aliphatic rings. The van der Waals surface area contributed by atoms with Crippen LogP contribution in [0.4, 0.5) is 0 Å². The van der Waals surface area contributed by atoms with Crippen LogP contribution < -0.4 is 16.4 Å². The molecule has 9 heteroatoms. The predicted octanol–water partition coefficient (Wildman–Crippen LogP) is -0.224. The molecule has 0 radical (unpaired) electrons. The first-order valence-electron chi connectivity index (χ1n) is 8.05. The Hall–Kier alpha value is -2.16. The second kappa shape index (κ2) is 9.36. The normalized spacial score (nSPS) is 15.0. The zero-order valence-corrected chi connectivity index (χ0v) is 15.6. The molecule has 0 saturated carbocycles. The highest BCUT2D eigenvalue weighted by Crippen LogP contribution is 2.09. The van der Waals surface area contributed by atoms with E-state index < -0.39 is 53.9 Å². The van der Waals surface area contributed by atoms with Crippen molar-refractivity contribution in [2.24, 2.45) is 11.7 Å². The summed E-state index contributed by atoms with van der Waals surface area (Å²) in [5, 5.41) is 13.8. The van der Waals surface area contributed by atoms with Crippen molar-refractivity contribution in [1.29, 1.82) is 0 Å². The Morgan fingerprint density at radius 1 is 1.04 bits per heavy atom. The number of hydrogen-bond acceptors (Lipinski definition) is 6. The number of ether oxygens (including phenoxy) is 1. The Labute approximate surface area is 147 Å². The molecule has 25 heavy (non-hydrogen) atoms. The molecular formula is C16H29N3O6. The van der Waals surface area contributed by atoms with Crippen LogP contribution >= 0.6 is 0 Å². The maximum absolute atomic E-state index is 12.1. The highest BCUT2D eigenvalue weighted by molar-refractivity contribution is 5.92. The third kappa shape index (κ3) is 9.04. The molecule has 0 bridgehead atoms. The van der Waals surface area contributed by atoms with Gasteiger partial charge in [-0.15, -0.1) is 0 Å². The van der Waals surface area contributed by atoms with E-state index in [4.69, 9.17) is 15.6 Å². The topological polar surface area (TPSA) is 148 Å². The number of amides is 2. The average molecular weight is 359 g/mol. The van der Waals surface area contributed by atoms with Crippen molar-refractivity contribution in [2.75, 3.05) is 0 Å². The van der Waals surface area contributed by atoms with Crippen molar-refractivity contribution in [1.82, 2.24) is 10.6 Å². The molecule has 0 fully saturated rings. The van der Waals surface area contributed by atoms with Crippen molar-refractivity contribution in [3.63, 3.8) is 0 Å². The summed E-state index contributed by atoms with van der Waals surface area (Å²) in [5.41, 5.74) is 4.92. The van der Waals surface area contributed by atoms with Gasteiger partial charge in [0, 0.05) is 0 Å². The Morgan fingerprint density at radius 2 is 1.56 bits per heavy atom. The van der Waals surface area contributed by atoms with E-state index in [0.717, 1.165) is 0 Å². The van der Waals surface area contributed by atoms with E-state index >= 15 is 0 Å². The molecule has 0 aromatic rings. The summed E-state index contributed by atoms with van der Waals surface area (Å²) in [6.45, 7) is 9.86. The van der Waals surface area contributed by atoms with Gasteiger partial charge >= 0.3 is 11.9 Å². The van der Waals surface area contributed by atoms with E-state index in [1.54, 1.807) is 34.6 Å². The van der Waals surface area contributed by atoms with Gasteiger partial charge in [0.15, 0.2) is 0 Å². The molecule has 0 aromatic carbocycles. The molecule has 3 atom stereocenters. The second-order valence-electron chi connectivity index (χ2n) is 7.19. The number of carbonyl (C=O) groups excluding carboxylic acids is 3. The lowest BCUT2D eigenvalue weighted by molar-refractivity contribution is -0.158. The summed E-state index contributed by atoms with van der Waals surface area (Å²) in [6.07, 6.45) is -0.523. The zero-order valence-electron chi connectivity index (χ0n) is 15.6. The van der Waals surface area contributed by atoms with Gasteiger partial charge in [-0.1, -0.05) is 13.8 Å². The van der Waals surface area contributed by atoms with Crippen LogP contribution in [0.5, 0.6) is 0 Å². The Morgan fingerprint density at radius 3 is 1.96 bits per heavy atom. The van der Waals surface area contributed by atoms with E-state index in [0.29, 0.717) is 0 Å². The van der Waals surface area contributed by atoms with E-state index in [1.165, 1.54) is 6.92 Å². The quantitative estimate of drug-likeness (QED) is 0.438. The van der Waals surface area contributed by atoms with Crippen molar-refractivity contribution < 1.29 is 29.0 Å². The summed E-state index contributed by atoms with van der Waals surface area (Å²) >= 11 is 0. The van der Waals surface area contributed by atoms with Crippen molar-refractivity contribution in [3.05, 3.63) is 0 Å². The van der Waals surface area contributed by atoms with Gasteiger partial charge in [-0.2, -0.15) is 0 Å². The summed E-state index contributed by atoms with van der Waals surface area (Å²) < 4.78 is 5.04. The number of nitrogens with two attached hydrogens (primary N) is 1. The second-order valence-corrected chi connectivity index (χ2v) is 7.19. The lowest BCUT2D eigenvalue weighted by Crippen LogP contribution is -2.54. The first-order chi connectivity index (χ1) is 11.2. The number of nitrogens with one attached hydrogen (secondary N) is 2. The fourth-order valence-electron chi connectivity index (χ4n) is 1.72. The molecule has 144 valence electrons. The van der Waals surface area contributed by atoms with Crippen LogP contribution in [0.25, 0.3) is 0 Å². The van der Waals surface area contributed by atoms with Crippen molar-refractivity contribution in [2.45, 2.75) is 71.7 Å². The fraction of sp³-hybridized carbons (Fsp3) is 0.750. The molecule has 0 aromatic heterocycles. The summed E-state index contributed by atoms with van der Waals surface area (Å²) in [5.74, 6) is -3.50. The molecule has 0 spiro atoms. The molecule has 0 saturated heterocycles. The van der Waals surface area contributed by atoms with Gasteiger partial charge in [0.1, 0.15) is 17.7 Å². The van der Waals surface area contributed by atoms with Gasteiger partial charge in [0.2, 0.25) is 11.8 Å². The number of esters is 1. The maximum Gasteiger partial charge on any atom is 0.326 e. The van der Waals surface area contributed by atoms with E-state index in [2.05, 4.69) is 10.6 Å². The molecule has 0 unspecified atom stereocenters. The van der Waals surface area contributed by atoms with Crippen LogP contribution in [0, 0.1) is 5.92 Å². The maximum atomic E-state index is 12.1. The van der Waals surface area contributed by atoms with Gasteiger partial charge < -0.3 is 26.2 Å². The summed E-state index contributed by atoms with van der Waals surface area (Å²) in [6, 6.07) is -3.24. The molecule has 9 nitrogen and oxygen atoms in total. The monoisotopic (exact) mass is 359 g/mol. The lowest BCUT2D eigenvalue weighted by Gasteiger charge is -2.23. The van der Waals surface area contributed by atoms with Crippen molar-refractivity contribution >= 4 is 23.8 Å². The first kappa shape index (κ1) is 22.8. The fourth-order valence-corrected chi connectivity index (χ4v) is 1.72. The Bertz CT molecular complexity index is 512. The SMILES string of the molecule is CC(C)[C@H](N)C(=O)N[C@@H](C)C(=O)N[C@@H](CC(=O)OC(C)(C)C)C(=O)O. The lowest BCUT2D eigenvalue weighted by atomic mass is 10.0. The summed E-state index contributed by atoms with van der Waals surface area (Å²) in [4.78, 5) is 46.9. The minimum Gasteiger partial charge on any atom is -0.480 e. The Kier molecular flexibility index (Phi) is 8.55. The molecule has 0 aliphatic heterocycles. The van der Waals surface area contributed by atoms with E-state index in [1.807, 2.05) is 0 Å². The number of carbonyl (C=O) groups is 4. The van der Waals surface area contributed by atoms with Gasteiger partial charge in [0.05, 0.1) is 12.5 Å². The minimum atomic E-state index is -1.46. The standard InChI is InChI=1S/C16H29N3O6/c1-8(2)12(17)14(22)18-9(3)13(21)19-10(15(23)24)7-11(20)25-16(4,5)6/h8-10,12H,7,17H2,1-6H3,(H,18,22)(H,19,21)(H,23,24)/t9-,10-,12-/m0/s1. The third-order valence-corrected chi connectivity index (χ3v) is 3.18. The van der Waals surface area contributed by atoms with Crippen LogP contribution in [0.15, 0.2) is 0 Å². The zero-order chi connectivity index (χ0) is 19.9. The molecule has 5 N–H and O–H groups in total. The average Bonchev–Trinajstić information content (AvgIpc) is 2.42. The van der Waals surface area contributed by atoms with Gasteiger partial charge in [-0.05, 0) is 33.6 Å². The van der Waals surface area contributed by atoms with Gasteiger partial charge in [-0.3, -0.25) is 14.4 Å². The predicted molar refractivity (Wildman–Crippen MR) is 90.4 cm³/mol. The number of rotatable bonds is 8. The third-order valence-electron chi connectivity index (χ3n) is 3.18. The molecule has 0 heterocycles. The molecular weight excluding hydrogens is 330 g/mol. The number of carboxylic acid groups (broad SMARTS) is 1.